The number of carbonyl (C=O) groups is 2. The van der Waals surface area contributed by atoms with Crippen molar-refractivity contribution >= 4 is 23.2 Å². The summed E-state index contributed by atoms with van der Waals surface area (Å²) >= 11 is 5.98. The van der Waals surface area contributed by atoms with E-state index in [0.29, 0.717) is 11.3 Å². The fraction of sp³-hybridized carbons (Fsp3) is 0.250. The Balaban J connectivity index is 2.16. The standard InChI is InChI=1S/C12H9ClN2O2/c1-6-5-15(6)10-8(13)12(17)9-7(11(10)16)3-2-4-14-9/h2-4,6H,5H2,1H3. The molecule has 0 N–H and O–H groups in total. The molecule has 1 aliphatic heterocycles. The van der Waals surface area contributed by atoms with Crippen molar-refractivity contribution in [1.82, 2.24) is 9.88 Å². The molecule has 86 valence electrons. The van der Waals surface area contributed by atoms with Crippen molar-refractivity contribution in [3.63, 3.8) is 0 Å². The SMILES string of the molecule is CC1CN1C1=C(Cl)C(=O)c2ncccc2C1=O. The highest BCUT2D eigenvalue weighted by Crippen LogP contribution is 2.35. The summed E-state index contributed by atoms with van der Waals surface area (Å²) in [6, 6.07) is 3.53. The Morgan fingerprint density at radius 1 is 1.41 bits per heavy atom. The lowest BCUT2D eigenvalue weighted by Gasteiger charge is -2.17. The molecule has 0 saturated carbocycles. The summed E-state index contributed by atoms with van der Waals surface area (Å²) in [5.74, 6) is -0.571. The molecule has 17 heavy (non-hydrogen) atoms. The van der Waals surface area contributed by atoms with E-state index < -0.39 is 0 Å². The van der Waals surface area contributed by atoms with Gasteiger partial charge in [0.05, 0.1) is 5.56 Å². The Morgan fingerprint density at radius 3 is 2.76 bits per heavy atom. The minimum Gasteiger partial charge on any atom is -0.360 e. The largest absolute Gasteiger partial charge is 0.360 e. The van der Waals surface area contributed by atoms with Gasteiger partial charge < -0.3 is 4.90 Å². The normalized spacial score (nSPS) is 22.9. The Bertz CT molecular complexity index is 580. The molecule has 2 aliphatic rings. The van der Waals surface area contributed by atoms with Crippen molar-refractivity contribution in [2.75, 3.05) is 6.54 Å². The molecular weight excluding hydrogens is 240 g/mol. The maximum Gasteiger partial charge on any atom is 0.225 e. The van der Waals surface area contributed by atoms with Gasteiger partial charge in [-0.2, -0.15) is 0 Å². The van der Waals surface area contributed by atoms with Gasteiger partial charge in [0.1, 0.15) is 16.4 Å². The van der Waals surface area contributed by atoms with Crippen molar-refractivity contribution in [2.24, 2.45) is 0 Å². The minimum atomic E-state index is -0.365. The molecule has 1 aliphatic carbocycles. The van der Waals surface area contributed by atoms with Gasteiger partial charge in [0.25, 0.3) is 0 Å². The van der Waals surface area contributed by atoms with Crippen molar-refractivity contribution < 1.29 is 9.59 Å². The van der Waals surface area contributed by atoms with Crippen LogP contribution in [0.15, 0.2) is 29.1 Å². The summed E-state index contributed by atoms with van der Waals surface area (Å²) in [7, 11) is 0. The van der Waals surface area contributed by atoms with Crippen LogP contribution in [-0.2, 0) is 0 Å². The van der Waals surface area contributed by atoms with Crippen LogP contribution < -0.4 is 0 Å². The van der Waals surface area contributed by atoms with Gasteiger partial charge in [0.15, 0.2) is 0 Å². The topological polar surface area (TPSA) is 50.0 Å². The molecule has 5 heteroatoms. The van der Waals surface area contributed by atoms with E-state index in [2.05, 4.69) is 4.98 Å². The monoisotopic (exact) mass is 248 g/mol. The zero-order chi connectivity index (χ0) is 12.2. The Labute approximate surface area is 103 Å². The molecule has 0 radical (unpaired) electrons. The van der Waals surface area contributed by atoms with Gasteiger partial charge in [-0.3, -0.25) is 14.6 Å². The Hall–Kier alpha value is -1.68. The first kappa shape index (κ1) is 10.5. The van der Waals surface area contributed by atoms with Crippen LogP contribution in [0.5, 0.6) is 0 Å². The first-order valence-electron chi connectivity index (χ1n) is 5.32. The van der Waals surface area contributed by atoms with E-state index in [4.69, 9.17) is 11.6 Å². The average molecular weight is 249 g/mol. The number of rotatable bonds is 1. The van der Waals surface area contributed by atoms with E-state index in [0.717, 1.165) is 6.54 Å². The molecule has 0 bridgehead atoms. The van der Waals surface area contributed by atoms with Crippen LogP contribution in [0.3, 0.4) is 0 Å². The highest BCUT2D eigenvalue weighted by Gasteiger charge is 2.42. The number of fused-ring (bicyclic) bond motifs is 1. The molecular formula is C12H9ClN2O2. The number of halogens is 1. The zero-order valence-corrected chi connectivity index (χ0v) is 9.86. The molecule has 1 fully saturated rings. The molecule has 1 aromatic rings. The number of hydrogen-bond donors (Lipinski definition) is 0. The quantitative estimate of drug-likeness (QED) is 0.709. The summed E-state index contributed by atoms with van der Waals surface area (Å²) in [6.07, 6.45) is 1.49. The fourth-order valence-electron chi connectivity index (χ4n) is 2.01. The maximum absolute atomic E-state index is 12.2. The van der Waals surface area contributed by atoms with E-state index in [9.17, 15) is 9.59 Å². The Morgan fingerprint density at radius 2 is 2.12 bits per heavy atom. The molecule has 4 nitrogen and oxygen atoms in total. The lowest BCUT2D eigenvalue weighted by Crippen LogP contribution is -2.25. The lowest BCUT2D eigenvalue weighted by atomic mass is 9.97. The van der Waals surface area contributed by atoms with Crippen LogP contribution >= 0.6 is 11.6 Å². The van der Waals surface area contributed by atoms with Gasteiger partial charge in [0, 0.05) is 18.8 Å². The number of ketones is 2. The van der Waals surface area contributed by atoms with Crippen molar-refractivity contribution in [2.45, 2.75) is 13.0 Å². The second-order valence-corrected chi connectivity index (χ2v) is 4.60. The molecule has 1 atom stereocenters. The number of Topliss-reactive ketones (excluding diaryl/α,β-unsaturated/α-hetero) is 2. The van der Waals surface area contributed by atoms with Gasteiger partial charge in [0.2, 0.25) is 11.6 Å². The number of nitrogens with zero attached hydrogens (tertiary/aromatic N) is 2. The third kappa shape index (κ3) is 1.41. The minimum absolute atomic E-state index is 0.00875. The molecule has 2 heterocycles. The van der Waals surface area contributed by atoms with Gasteiger partial charge in [-0.25, -0.2) is 0 Å². The van der Waals surface area contributed by atoms with Crippen LogP contribution in [0.25, 0.3) is 0 Å². The first-order chi connectivity index (χ1) is 8.11. The van der Waals surface area contributed by atoms with E-state index in [1.165, 1.54) is 6.20 Å². The fourth-order valence-corrected chi connectivity index (χ4v) is 2.30. The summed E-state index contributed by atoms with van der Waals surface area (Å²) in [5, 5.41) is -0.00875. The second kappa shape index (κ2) is 3.40. The van der Waals surface area contributed by atoms with Crippen LogP contribution in [-0.4, -0.2) is 34.0 Å². The van der Waals surface area contributed by atoms with E-state index in [1.54, 1.807) is 12.1 Å². The maximum atomic E-state index is 12.2. The van der Waals surface area contributed by atoms with Crippen molar-refractivity contribution in [3.8, 4) is 0 Å². The predicted octanol–water partition coefficient (Wildman–Crippen LogP) is 1.62. The molecule has 1 saturated heterocycles. The molecule has 1 aromatic heterocycles. The number of carbonyl (C=O) groups excluding carboxylic acids is 2. The summed E-state index contributed by atoms with van der Waals surface area (Å²) < 4.78 is 0. The molecule has 3 rings (SSSR count). The smallest absolute Gasteiger partial charge is 0.225 e. The third-order valence-electron chi connectivity index (χ3n) is 3.04. The second-order valence-electron chi connectivity index (χ2n) is 4.22. The number of pyridine rings is 1. The van der Waals surface area contributed by atoms with Gasteiger partial charge >= 0.3 is 0 Å². The summed E-state index contributed by atoms with van der Waals surface area (Å²) in [6.45, 7) is 2.74. The van der Waals surface area contributed by atoms with Crippen molar-refractivity contribution in [1.29, 1.82) is 0 Å². The Kier molecular flexibility index (Phi) is 2.10. The zero-order valence-electron chi connectivity index (χ0n) is 9.11. The first-order valence-corrected chi connectivity index (χ1v) is 5.70. The van der Waals surface area contributed by atoms with Crippen LogP contribution in [0.1, 0.15) is 27.8 Å². The summed E-state index contributed by atoms with van der Waals surface area (Å²) in [4.78, 5) is 30.0. The molecule has 0 amide bonds. The number of allylic oxidation sites excluding steroid dienone is 2. The third-order valence-corrected chi connectivity index (χ3v) is 3.39. The van der Waals surface area contributed by atoms with Crippen molar-refractivity contribution in [3.05, 3.63) is 40.3 Å². The van der Waals surface area contributed by atoms with Crippen LogP contribution in [0.4, 0.5) is 0 Å². The number of aromatic nitrogens is 1. The number of hydrogen-bond acceptors (Lipinski definition) is 4. The van der Waals surface area contributed by atoms with Gasteiger partial charge in [-0.05, 0) is 19.1 Å². The molecule has 0 aromatic carbocycles. The summed E-state index contributed by atoms with van der Waals surface area (Å²) in [5.41, 5.74) is 0.821. The molecule has 0 spiro atoms. The van der Waals surface area contributed by atoms with Crippen LogP contribution in [0, 0.1) is 0 Å². The highest BCUT2D eigenvalue weighted by atomic mass is 35.5. The predicted molar refractivity (Wildman–Crippen MR) is 61.9 cm³/mol. The van der Waals surface area contributed by atoms with E-state index in [1.807, 2.05) is 11.8 Å². The van der Waals surface area contributed by atoms with E-state index >= 15 is 0 Å². The highest BCUT2D eigenvalue weighted by molar-refractivity contribution is 6.49. The van der Waals surface area contributed by atoms with E-state index in [-0.39, 0.29) is 28.3 Å². The van der Waals surface area contributed by atoms with Crippen LogP contribution in [0.2, 0.25) is 0 Å². The van der Waals surface area contributed by atoms with Gasteiger partial charge in [-0.15, -0.1) is 0 Å². The molecule has 1 unspecified atom stereocenters. The average Bonchev–Trinajstić information content (AvgIpc) is 3.04. The lowest BCUT2D eigenvalue weighted by molar-refractivity contribution is 0.0962. The van der Waals surface area contributed by atoms with Gasteiger partial charge in [-0.1, -0.05) is 11.6 Å².